The van der Waals surface area contributed by atoms with Crippen LogP contribution in [-0.4, -0.2) is 32.4 Å². The molecule has 0 atom stereocenters. The van der Waals surface area contributed by atoms with Gasteiger partial charge in [0.15, 0.2) is 0 Å². The van der Waals surface area contributed by atoms with Crippen LogP contribution in [0.15, 0.2) is 28.7 Å². The molecule has 1 fully saturated rings. The van der Waals surface area contributed by atoms with E-state index in [0.717, 1.165) is 23.3 Å². The summed E-state index contributed by atoms with van der Waals surface area (Å²) >= 11 is 3.40. The Kier molecular flexibility index (Phi) is 5.03. The highest BCUT2D eigenvalue weighted by atomic mass is 79.9. The molecule has 1 N–H and O–H groups in total. The molecular formula is C14H20BrNO2. The van der Waals surface area contributed by atoms with Crippen LogP contribution in [-0.2, 0) is 4.74 Å². The zero-order valence-corrected chi connectivity index (χ0v) is 12.3. The van der Waals surface area contributed by atoms with E-state index in [9.17, 15) is 0 Å². The third-order valence-electron chi connectivity index (χ3n) is 3.51. The Morgan fingerprint density at radius 2 is 2.00 bits per heavy atom. The van der Waals surface area contributed by atoms with Crippen LogP contribution in [0.5, 0.6) is 5.75 Å². The normalized spacial score (nSPS) is 17.2. The number of hydrogen-bond donors (Lipinski definition) is 1. The molecule has 3 nitrogen and oxygen atoms in total. The highest BCUT2D eigenvalue weighted by Gasteiger charge is 2.36. The van der Waals surface area contributed by atoms with Crippen molar-refractivity contribution in [1.29, 1.82) is 0 Å². The van der Waals surface area contributed by atoms with Crippen molar-refractivity contribution >= 4 is 15.9 Å². The molecule has 0 amide bonds. The summed E-state index contributed by atoms with van der Waals surface area (Å²) in [4.78, 5) is 0. The zero-order valence-electron chi connectivity index (χ0n) is 10.7. The lowest BCUT2D eigenvalue weighted by Crippen LogP contribution is -2.48. The molecule has 0 aromatic heterocycles. The average Bonchev–Trinajstić information content (AvgIpc) is 2.34. The largest absolute Gasteiger partial charge is 0.492 e. The van der Waals surface area contributed by atoms with Gasteiger partial charge < -0.3 is 14.8 Å². The van der Waals surface area contributed by atoms with Crippen molar-refractivity contribution in [1.82, 2.24) is 5.32 Å². The molecule has 1 saturated carbocycles. The third kappa shape index (κ3) is 3.70. The standard InChI is InChI=1S/C14H20BrNO2/c1-17-14(7-2-8-14)11-16-9-10-18-13-5-3-12(15)4-6-13/h3-6,16H,2,7-11H2,1H3. The van der Waals surface area contributed by atoms with Crippen molar-refractivity contribution in [3.05, 3.63) is 28.7 Å². The van der Waals surface area contributed by atoms with E-state index in [1.165, 1.54) is 19.3 Å². The van der Waals surface area contributed by atoms with Crippen LogP contribution >= 0.6 is 15.9 Å². The Morgan fingerprint density at radius 1 is 1.28 bits per heavy atom. The maximum Gasteiger partial charge on any atom is 0.119 e. The van der Waals surface area contributed by atoms with Gasteiger partial charge in [0.2, 0.25) is 0 Å². The molecule has 1 aliphatic rings. The van der Waals surface area contributed by atoms with Gasteiger partial charge in [0.25, 0.3) is 0 Å². The first-order chi connectivity index (χ1) is 8.74. The summed E-state index contributed by atoms with van der Waals surface area (Å²) in [5.74, 6) is 0.907. The van der Waals surface area contributed by atoms with Crippen molar-refractivity contribution in [3.63, 3.8) is 0 Å². The lowest BCUT2D eigenvalue weighted by molar-refractivity contribution is -0.0694. The highest BCUT2D eigenvalue weighted by molar-refractivity contribution is 9.10. The maximum atomic E-state index is 5.64. The summed E-state index contributed by atoms with van der Waals surface area (Å²) in [5.41, 5.74) is 0.0949. The van der Waals surface area contributed by atoms with E-state index >= 15 is 0 Å². The Balaban J connectivity index is 1.60. The number of nitrogens with one attached hydrogen (secondary N) is 1. The molecule has 0 aliphatic heterocycles. The van der Waals surface area contributed by atoms with Gasteiger partial charge in [-0.25, -0.2) is 0 Å². The van der Waals surface area contributed by atoms with Gasteiger partial charge in [-0.15, -0.1) is 0 Å². The molecule has 0 radical (unpaired) electrons. The number of methoxy groups -OCH3 is 1. The second-order valence-corrected chi connectivity index (χ2v) is 5.64. The number of hydrogen-bond acceptors (Lipinski definition) is 3. The summed E-state index contributed by atoms with van der Waals surface area (Å²) in [6.07, 6.45) is 3.62. The first-order valence-corrected chi connectivity index (χ1v) is 7.18. The van der Waals surface area contributed by atoms with Crippen molar-refractivity contribution < 1.29 is 9.47 Å². The van der Waals surface area contributed by atoms with Crippen LogP contribution in [0.4, 0.5) is 0 Å². The Hall–Kier alpha value is -0.580. The summed E-state index contributed by atoms with van der Waals surface area (Å²) in [7, 11) is 1.80. The fourth-order valence-electron chi connectivity index (χ4n) is 2.11. The highest BCUT2D eigenvalue weighted by Crippen LogP contribution is 2.34. The van der Waals surface area contributed by atoms with Gasteiger partial charge >= 0.3 is 0 Å². The van der Waals surface area contributed by atoms with Gasteiger partial charge in [-0.2, -0.15) is 0 Å². The number of halogens is 1. The van der Waals surface area contributed by atoms with Crippen molar-refractivity contribution in [2.24, 2.45) is 0 Å². The second kappa shape index (κ2) is 6.55. The predicted molar refractivity (Wildman–Crippen MR) is 76.1 cm³/mol. The van der Waals surface area contributed by atoms with Gasteiger partial charge in [0.1, 0.15) is 12.4 Å². The number of ether oxygens (including phenoxy) is 2. The lowest BCUT2D eigenvalue weighted by atomic mass is 9.80. The molecule has 1 aliphatic carbocycles. The fraction of sp³-hybridized carbons (Fsp3) is 0.571. The third-order valence-corrected chi connectivity index (χ3v) is 4.03. The average molecular weight is 314 g/mol. The van der Waals surface area contributed by atoms with E-state index in [1.807, 2.05) is 24.3 Å². The molecule has 0 saturated heterocycles. The number of rotatable bonds is 7. The Labute approximate surface area is 117 Å². The molecule has 4 heteroatoms. The molecule has 1 aromatic carbocycles. The molecule has 2 rings (SSSR count). The maximum absolute atomic E-state index is 5.64. The number of benzene rings is 1. The van der Waals surface area contributed by atoms with Crippen molar-refractivity contribution in [3.8, 4) is 5.75 Å². The molecule has 1 aromatic rings. The van der Waals surface area contributed by atoms with Crippen LogP contribution < -0.4 is 10.1 Å². The van der Waals surface area contributed by atoms with E-state index in [2.05, 4.69) is 21.2 Å². The summed E-state index contributed by atoms with van der Waals surface area (Å²) < 4.78 is 12.2. The van der Waals surface area contributed by atoms with Gasteiger partial charge in [0, 0.05) is 24.7 Å². The van der Waals surface area contributed by atoms with E-state index < -0.39 is 0 Å². The monoisotopic (exact) mass is 313 g/mol. The molecule has 18 heavy (non-hydrogen) atoms. The minimum Gasteiger partial charge on any atom is -0.492 e. The van der Waals surface area contributed by atoms with Crippen LogP contribution in [0.25, 0.3) is 0 Å². The van der Waals surface area contributed by atoms with E-state index in [-0.39, 0.29) is 5.60 Å². The van der Waals surface area contributed by atoms with Gasteiger partial charge in [-0.3, -0.25) is 0 Å². The Morgan fingerprint density at radius 3 is 2.56 bits per heavy atom. The smallest absolute Gasteiger partial charge is 0.119 e. The summed E-state index contributed by atoms with van der Waals surface area (Å²) in [6.45, 7) is 2.45. The molecule has 0 spiro atoms. The van der Waals surface area contributed by atoms with Gasteiger partial charge in [-0.1, -0.05) is 15.9 Å². The zero-order chi connectivity index (χ0) is 12.8. The predicted octanol–water partition coefficient (Wildman–Crippen LogP) is 2.99. The molecule has 100 valence electrons. The van der Waals surface area contributed by atoms with E-state index in [1.54, 1.807) is 7.11 Å². The summed E-state index contributed by atoms with van der Waals surface area (Å²) in [6, 6.07) is 7.90. The molecule has 0 heterocycles. The lowest BCUT2D eigenvalue weighted by Gasteiger charge is -2.40. The minimum absolute atomic E-state index is 0.0949. The van der Waals surface area contributed by atoms with Crippen LogP contribution in [0.1, 0.15) is 19.3 Å². The minimum atomic E-state index is 0.0949. The SMILES string of the molecule is COC1(CNCCOc2ccc(Br)cc2)CCC1. The van der Waals surface area contributed by atoms with Crippen LogP contribution in [0.2, 0.25) is 0 Å². The van der Waals surface area contributed by atoms with Gasteiger partial charge in [-0.05, 0) is 43.5 Å². The first-order valence-electron chi connectivity index (χ1n) is 6.38. The summed E-state index contributed by atoms with van der Waals surface area (Å²) in [5, 5.41) is 3.40. The Bertz CT molecular complexity index is 357. The van der Waals surface area contributed by atoms with Crippen molar-refractivity contribution in [2.45, 2.75) is 24.9 Å². The first kappa shape index (κ1) is 13.8. The van der Waals surface area contributed by atoms with E-state index in [0.29, 0.717) is 6.61 Å². The van der Waals surface area contributed by atoms with Crippen LogP contribution in [0, 0.1) is 0 Å². The topological polar surface area (TPSA) is 30.5 Å². The van der Waals surface area contributed by atoms with E-state index in [4.69, 9.17) is 9.47 Å². The van der Waals surface area contributed by atoms with Crippen LogP contribution in [0.3, 0.4) is 0 Å². The molecule has 0 bridgehead atoms. The molecule has 0 unspecified atom stereocenters. The van der Waals surface area contributed by atoms with Gasteiger partial charge in [0.05, 0.1) is 5.60 Å². The molecular weight excluding hydrogens is 294 g/mol. The fourth-order valence-corrected chi connectivity index (χ4v) is 2.38. The second-order valence-electron chi connectivity index (χ2n) is 4.72. The quantitative estimate of drug-likeness (QED) is 0.785. The van der Waals surface area contributed by atoms with Crippen molar-refractivity contribution in [2.75, 3.05) is 26.8 Å².